The van der Waals surface area contributed by atoms with Crippen LogP contribution >= 0.6 is 10.7 Å². The summed E-state index contributed by atoms with van der Waals surface area (Å²) in [7, 11) is 1.24. The molecular formula is C6H7ClN2O3S. The van der Waals surface area contributed by atoms with Gasteiger partial charge in [-0.1, -0.05) is 0 Å². The predicted octanol–water partition coefficient (Wildman–Crippen LogP) is 0.147. The number of hydrogen-bond donors (Lipinski definition) is 1. The second kappa shape index (κ2) is 3.47. The summed E-state index contributed by atoms with van der Waals surface area (Å²) in [6.45, 7) is 1.65. The molecule has 0 aliphatic rings. The lowest BCUT2D eigenvalue weighted by atomic mass is 10.3. The number of nitrogens with zero attached hydrogens (tertiary/aromatic N) is 1. The van der Waals surface area contributed by atoms with E-state index < -0.39 is 20.2 Å². The van der Waals surface area contributed by atoms with Gasteiger partial charge in [0.2, 0.25) is 14.5 Å². The van der Waals surface area contributed by atoms with Gasteiger partial charge in [0.25, 0.3) is 0 Å². The van der Waals surface area contributed by atoms with Crippen molar-refractivity contribution >= 4 is 19.7 Å². The van der Waals surface area contributed by atoms with E-state index in [4.69, 9.17) is 10.7 Å². The molecule has 0 radical (unpaired) electrons. The number of aryl methyl sites for hydroxylation is 1. The first-order valence-corrected chi connectivity index (χ1v) is 5.84. The van der Waals surface area contributed by atoms with Gasteiger partial charge in [0.05, 0.1) is 0 Å². The van der Waals surface area contributed by atoms with E-state index in [-0.39, 0.29) is 5.69 Å². The summed E-state index contributed by atoms with van der Waals surface area (Å²) in [5.41, 5.74) is 0.0433. The van der Waals surface area contributed by atoms with E-state index in [2.05, 4.69) is 10.2 Å². The van der Waals surface area contributed by atoms with Crippen LogP contribution in [0.1, 0.15) is 11.4 Å². The Morgan fingerprint density at radius 2 is 2.23 bits per heavy atom. The van der Waals surface area contributed by atoms with Crippen LogP contribution < -0.4 is 5.43 Å². The molecule has 13 heavy (non-hydrogen) atoms. The fourth-order valence-corrected chi connectivity index (χ4v) is 1.63. The zero-order valence-corrected chi connectivity index (χ0v) is 8.32. The Kier molecular flexibility index (Phi) is 2.72. The van der Waals surface area contributed by atoms with Crippen molar-refractivity contribution in [3.63, 3.8) is 0 Å². The third-order valence-corrected chi connectivity index (χ3v) is 2.25. The zero-order chi connectivity index (χ0) is 10.1. The van der Waals surface area contributed by atoms with Crippen LogP contribution in [0.2, 0.25) is 0 Å². The van der Waals surface area contributed by atoms with E-state index in [0.29, 0.717) is 5.69 Å². The van der Waals surface area contributed by atoms with Crippen molar-refractivity contribution in [2.75, 3.05) is 0 Å². The smallest absolute Gasteiger partial charge is 0.238 e. The Hall–Kier alpha value is -0.880. The molecule has 1 rings (SSSR count). The molecule has 0 aliphatic heterocycles. The number of rotatable bonds is 2. The second-order valence-electron chi connectivity index (χ2n) is 2.55. The van der Waals surface area contributed by atoms with Gasteiger partial charge in [-0.25, -0.2) is 8.42 Å². The molecule has 0 aromatic carbocycles. The minimum absolute atomic E-state index is 0.0967. The summed E-state index contributed by atoms with van der Waals surface area (Å²) in [5, 5.41) is 6.05. The molecule has 1 N–H and O–H groups in total. The molecule has 0 amide bonds. The van der Waals surface area contributed by atoms with Gasteiger partial charge in [-0.3, -0.25) is 9.89 Å². The molecule has 0 spiro atoms. The monoisotopic (exact) mass is 222 g/mol. The van der Waals surface area contributed by atoms with Crippen LogP contribution in [-0.2, 0) is 14.8 Å². The Morgan fingerprint density at radius 3 is 2.69 bits per heavy atom. The lowest BCUT2D eigenvalue weighted by Gasteiger charge is -1.96. The van der Waals surface area contributed by atoms with Gasteiger partial charge in [0.1, 0.15) is 11.4 Å². The van der Waals surface area contributed by atoms with Gasteiger partial charge < -0.3 is 0 Å². The van der Waals surface area contributed by atoms with Gasteiger partial charge in [0.15, 0.2) is 0 Å². The normalized spacial score (nSPS) is 11.5. The second-order valence-corrected chi connectivity index (χ2v) is 5.32. The van der Waals surface area contributed by atoms with Crippen molar-refractivity contribution in [1.29, 1.82) is 0 Å². The molecule has 0 saturated carbocycles. The van der Waals surface area contributed by atoms with Crippen LogP contribution in [0.4, 0.5) is 0 Å². The molecule has 1 aromatic heterocycles. The number of aromatic nitrogens is 2. The summed E-state index contributed by atoms with van der Waals surface area (Å²) in [5.74, 6) is -0.551. The third-order valence-electron chi connectivity index (χ3n) is 1.31. The highest BCUT2D eigenvalue weighted by atomic mass is 35.7. The third kappa shape index (κ3) is 3.16. The van der Waals surface area contributed by atoms with E-state index >= 15 is 0 Å². The van der Waals surface area contributed by atoms with Crippen molar-refractivity contribution in [1.82, 2.24) is 10.2 Å². The molecule has 1 aromatic rings. The molecule has 72 valence electrons. The van der Waals surface area contributed by atoms with Crippen LogP contribution in [0, 0.1) is 6.92 Å². The topological polar surface area (TPSA) is 79.9 Å². The van der Waals surface area contributed by atoms with E-state index in [1.807, 2.05) is 0 Å². The molecule has 0 aliphatic carbocycles. The van der Waals surface area contributed by atoms with Crippen molar-refractivity contribution < 1.29 is 8.42 Å². The summed E-state index contributed by atoms with van der Waals surface area (Å²) < 4.78 is 21.2. The average molecular weight is 223 g/mol. The average Bonchev–Trinajstić information content (AvgIpc) is 1.93. The van der Waals surface area contributed by atoms with Crippen LogP contribution in [0.3, 0.4) is 0 Å². The molecule has 1 heterocycles. The Bertz CT molecular complexity index is 465. The zero-order valence-electron chi connectivity index (χ0n) is 6.74. The summed E-state index contributed by atoms with van der Waals surface area (Å²) in [6, 6.07) is 1.27. The van der Waals surface area contributed by atoms with Gasteiger partial charge >= 0.3 is 0 Å². The first-order chi connectivity index (χ1) is 5.88. The maximum Gasteiger partial charge on any atom is 0.238 e. The van der Waals surface area contributed by atoms with Gasteiger partial charge in [0, 0.05) is 22.4 Å². The van der Waals surface area contributed by atoms with E-state index in [0.717, 1.165) is 0 Å². The van der Waals surface area contributed by atoms with E-state index in [9.17, 15) is 13.2 Å². The lowest BCUT2D eigenvalue weighted by Crippen LogP contribution is -2.15. The molecule has 7 heteroatoms. The Balaban J connectivity index is 3.12. The number of halogens is 1. The number of nitrogens with one attached hydrogen (secondary N) is 1. The van der Waals surface area contributed by atoms with Gasteiger partial charge in [-0.2, -0.15) is 5.10 Å². The predicted molar refractivity (Wildman–Crippen MR) is 48.1 cm³/mol. The number of aromatic amines is 1. The Labute approximate surface area is 79.2 Å². The highest BCUT2D eigenvalue weighted by Crippen LogP contribution is 2.02. The lowest BCUT2D eigenvalue weighted by molar-refractivity contribution is 0.607. The van der Waals surface area contributed by atoms with Crippen LogP contribution in [0.5, 0.6) is 0 Å². The van der Waals surface area contributed by atoms with Crippen molar-refractivity contribution in [2.45, 2.75) is 12.7 Å². The molecule has 0 saturated heterocycles. The summed E-state index contributed by atoms with van der Waals surface area (Å²) >= 11 is 0. The van der Waals surface area contributed by atoms with Crippen LogP contribution in [0.25, 0.3) is 0 Å². The fraction of sp³-hybridized carbons (Fsp3) is 0.333. The SMILES string of the molecule is Cc1cc(=O)c(CS(=O)(=O)Cl)n[nH]1. The molecule has 5 nitrogen and oxygen atoms in total. The van der Waals surface area contributed by atoms with Crippen molar-refractivity contribution in [3.05, 3.63) is 27.7 Å². The minimum atomic E-state index is -3.72. The highest BCUT2D eigenvalue weighted by molar-refractivity contribution is 8.13. The molecule has 0 unspecified atom stereocenters. The first-order valence-electron chi connectivity index (χ1n) is 3.36. The summed E-state index contributed by atoms with van der Waals surface area (Å²) in [4.78, 5) is 11.1. The fourth-order valence-electron chi connectivity index (χ4n) is 0.790. The standard InChI is InChI=1S/C6H7ClN2O3S/c1-4-2-6(10)5(9-8-4)3-13(7,11)12/h2H,3H2,1H3,(H,8,10). The van der Waals surface area contributed by atoms with Crippen molar-refractivity contribution in [2.24, 2.45) is 0 Å². The maximum atomic E-state index is 11.1. The van der Waals surface area contributed by atoms with Gasteiger partial charge in [-0.05, 0) is 6.92 Å². The molecule has 0 fully saturated rings. The molecule has 0 bridgehead atoms. The largest absolute Gasteiger partial charge is 0.288 e. The Morgan fingerprint density at radius 1 is 1.62 bits per heavy atom. The van der Waals surface area contributed by atoms with E-state index in [1.54, 1.807) is 6.92 Å². The maximum absolute atomic E-state index is 11.1. The number of H-pyrrole nitrogens is 1. The van der Waals surface area contributed by atoms with Crippen molar-refractivity contribution in [3.8, 4) is 0 Å². The molecule has 0 atom stereocenters. The van der Waals surface area contributed by atoms with Crippen LogP contribution in [-0.4, -0.2) is 18.6 Å². The quantitative estimate of drug-likeness (QED) is 0.723. The summed E-state index contributed by atoms with van der Waals surface area (Å²) in [6.07, 6.45) is 0. The minimum Gasteiger partial charge on any atom is -0.288 e. The van der Waals surface area contributed by atoms with E-state index in [1.165, 1.54) is 6.07 Å². The molecular weight excluding hydrogens is 216 g/mol. The first kappa shape index (κ1) is 10.2. The highest BCUT2D eigenvalue weighted by Gasteiger charge is 2.11. The van der Waals surface area contributed by atoms with Gasteiger partial charge in [-0.15, -0.1) is 0 Å². The number of hydrogen-bond acceptors (Lipinski definition) is 4. The van der Waals surface area contributed by atoms with Crippen LogP contribution in [0.15, 0.2) is 10.9 Å².